The lowest BCUT2D eigenvalue weighted by Crippen LogP contribution is -2.16. The molecule has 2 N–H and O–H groups in total. The Morgan fingerprint density at radius 2 is 2.38 bits per heavy atom. The van der Waals surface area contributed by atoms with Gasteiger partial charge in [-0.3, -0.25) is 0 Å². The van der Waals surface area contributed by atoms with Gasteiger partial charge in [0, 0.05) is 18.7 Å². The molecule has 4 heteroatoms. The van der Waals surface area contributed by atoms with Gasteiger partial charge in [-0.15, -0.1) is 0 Å². The monoisotopic (exact) mass is 214 g/mol. The molecular formula is C12H14N4. The van der Waals surface area contributed by atoms with Crippen LogP contribution >= 0.6 is 0 Å². The normalized spacial score (nSPS) is 12.6. The molecule has 2 aromatic heterocycles. The highest BCUT2D eigenvalue weighted by molar-refractivity contribution is 5.58. The second kappa shape index (κ2) is 4.33. The van der Waals surface area contributed by atoms with Crippen LogP contribution in [-0.4, -0.2) is 15.4 Å². The highest BCUT2D eigenvalue weighted by Crippen LogP contribution is 2.13. The van der Waals surface area contributed by atoms with E-state index in [1.807, 2.05) is 35.7 Å². The van der Waals surface area contributed by atoms with Gasteiger partial charge in [-0.2, -0.15) is 5.26 Å². The second-order valence-electron chi connectivity index (χ2n) is 3.96. The number of nitrogens with two attached hydrogens (primary N) is 1. The number of aryl methyl sites for hydroxylation is 1. The van der Waals surface area contributed by atoms with Crippen LogP contribution in [0.1, 0.15) is 24.9 Å². The van der Waals surface area contributed by atoms with E-state index >= 15 is 0 Å². The molecule has 0 fully saturated rings. The molecular weight excluding hydrogens is 200 g/mol. The third-order valence-electron chi connectivity index (χ3n) is 2.55. The van der Waals surface area contributed by atoms with Crippen LogP contribution in [0.3, 0.4) is 0 Å². The summed E-state index contributed by atoms with van der Waals surface area (Å²) >= 11 is 0. The van der Waals surface area contributed by atoms with Gasteiger partial charge < -0.3 is 10.1 Å². The minimum Gasteiger partial charge on any atom is -0.328 e. The van der Waals surface area contributed by atoms with E-state index in [0.717, 1.165) is 24.2 Å². The van der Waals surface area contributed by atoms with E-state index in [2.05, 4.69) is 11.1 Å². The van der Waals surface area contributed by atoms with E-state index in [4.69, 9.17) is 11.0 Å². The molecule has 0 radical (unpaired) electrons. The molecule has 1 atom stereocenters. The summed E-state index contributed by atoms with van der Waals surface area (Å²) in [6.45, 7) is 1.97. The Morgan fingerprint density at radius 3 is 3.06 bits per heavy atom. The molecule has 0 bridgehead atoms. The molecule has 0 spiro atoms. The molecule has 1 unspecified atom stereocenters. The van der Waals surface area contributed by atoms with Crippen molar-refractivity contribution in [3.8, 4) is 6.07 Å². The number of imidazole rings is 1. The molecule has 82 valence electrons. The lowest BCUT2D eigenvalue weighted by atomic mass is 10.2. The number of aromatic nitrogens is 2. The van der Waals surface area contributed by atoms with Crippen molar-refractivity contribution in [3.63, 3.8) is 0 Å². The molecule has 2 aromatic rings. The maximum absolute atomic E-state index is 8.98. The Labute approximate surface area is 94.3 Å². The average molecular weight is 214 g/mol. The van der Waals surface area contributed by atoms with Crippen LogP contribution < -0.4 is 5.73 Å². The minimum absolute atomic E-state index is 0.154. The van der Waals surface area contributed by atoms with Crippen LogP contribution in [0.5, 0.6) is 0 Å². The van der Waals surface area contributed by atoms with E-state index < -0.39 is 0 Å². The quantitative estimate of drug-likeness (QED) is 0.841. The van der Waals surface area contributed by atoms with E-state index in [1.165, 1.54) is 0 Å². The van der Waals surface area contributed by atoms with Crippen molar-refractivity contribution in [2.24, 2.45) is 5.73 Å². The maximum Gasteiger partial charge on any atom is 0.166 e. The van der Waals surface area contributed by atoms with Gasteiger partial charge in [-0.1, -0.05) is 6.07 Å². The zero-order chi connectivity index (χ0) is 11.5. The smallest absolute Gasteiger partial charge is 0.166 e. The van der Waals surface area contributed by atoms with Gasteiger partial charge in [0.25, 0.3) is 0 Å². The number of hydrogen-bond acceptors (Lipinski definition) is 3. The highest BCUT2D eigenvalue weighted by Gasteiger charge is 2.09. The fourth-order valence-corrected chi connectivity index (χ4v) is 1.72. The van der Waals surface area contributed by atoms with Gasteiger partial charge in [0.2, 0.25) is 0 Å². The van der Waals surface area contributed by atoms with Crippen LogP contribution in [-0.2, 0) is 6.42 Å². The third-order valence-corrected chi connectivity index (χ3v) is 2.55. The van der Waals surface area contributed by atoms with Crippen molar-refractivity contribution in [1.29, 1.82) is 5.26 Å². The van der Waals surface area contributed by atoms with E-state index in [-0.39, 0.29) is 6.04 Å². The first-order valence-electron chi connectivity index (χ1n) is 5.34. The van der Waals surface area contributed by atoms with Crippen molar-refractivity contribution >= 4 is 5.52 Å². The summed E-state index contributed by atoms with van der Waals surface area (Å²) in [6.07, 6.45) is 3.60. The lowest BCUT2D eigenvalue weighted by molar-refractivity contribution is 0.646. The predicted molar refractivity (Wildman–Crippen MR) is 61.9 cm³/mol. The molecule has 4 nitrogen and oxygen atoms in total. The first-order chi connectivity index (χ1) is 7.72. The van der Waals surface area contributed by atoms with E-state index in [0.29, 0.717) is 5.69 Å². The van der Waals surface area contributed by atoms with Crippen LogP contribution in [0.4, 0.5) is 0 Å². The molecule has 0 aromatic carbocycles. The Bertz CT molecular complexity index is 533. The molecule has 2 heterocycles. The van der Waals surface area contributed by atoms with Gasteiger partial charge in [0.05, 0.1) is 5.52 Å². The molecule has 0 aliphatic rings. The molecule has 2 rings (SSSR count). The minimum atomic E-state index is 0.154. The molecule has 16 heavy (non-hydrogen) atoms. The van der Waals surface area contributed by atoms with Crippen molar-refractivity contribution in [2.45, 2.75) is 25.8 Å². The highest BCUT2D eigenvalue weighted by atomic mass is 15.0. The van der Waals surface area contributed by atoms with Gasteiger partial charge >= 0.3 is 0 Å². The van der Waals surface area contributed by atoms with Crippen molar-refractivity contribution in [1.82, 2.24) is 9.38 Å². The largest absolute Gasteiger partial charge is 0.328 e. The maximum atomic E-state index is 8.98. The standard InChI is InChI=1S/C12H14N4/c1-9(14)5-6-12-15-10(8-13)11-4-2-3-7-16(11)12/h2-4,7,9H,5-6,14H2,1H3. The summed E-state index contributed by atoms with van der Waals surface area (Å²) in [5.74, 6) is 0.907. The summed E-state index contributed by atoms with van der Waals surface area (Å²) in [7, 11) is 0. The number of rotatable bonds is 3. The summed E-state index contributed by atoms with van der Waals surface area (Å²) in [5.41, 5.74) is 7.07. The van der Waals surface area contributed by atoms with Gasteiger partial charge in [0.15, 0.2) is 5.69 Å². The molecule has 0 aliphatic carbocycles. The van der Waals surface area contributed by atoms with Crippen molar-refractivity contribution in [2.75, 3.05) is 0 Å². The Hall–Kier alpha value is -1.86. The zero-order valence-corrected chi connectivity index (χ0v) is 9.22. The summed E-state index contributed by atoms with van der Waals surface area (Å²) in [5, 5.41) is 8.98. The number of nitriles is 1. The number of nitrogens with zero attached hydrogens (tertiary/aromatic N) is 3. The first kappa shape index (κ1) is 10.7. The summed E-state index contributed by atoms with van der Waals surface area (Å²) in [6, 6.07) is 8.02. The predicted octanol–water partition coefficient (Wildman–Crippen LogP) is 1.49. The third kappa shape index (κ3) is 1.90. The summed E-state index contributed by atoms with van der Waals surface area (Å²) < 4.78 is 1.96. The van der Waals surface area contributed by atoms with Crippen LogP contribution in [0, 0.1) is 11.3 Å². The van der Waals surface area contributed by atoms with Crippen molar-refractivity contribution in [3.05, 3.63) is 35.9 Å². The van der Waals surface area contributed by atoms with Crippen LogP contribution in [0.2, 0.25) is 0 Å². The van der Waals surface area contributed by atoms with Gasteiger partial charge in [0.1, 0.15) is 11.9 Å². The van der Waals surface area contributed by atoms with E-state index in [9.17, 15) is 0 Å². The number of pyridine rings is 1. The molecule has 0 aliphatic heterocycles. The van der Waals surface area contributed by atoms with Gasteiger partial charge in [-0.25, -0.2) is 4.98 Å². The Morgan fingerprint density at radius 1 is 1.56 bits per heavy atom. The fourth-order valence-electron chi connectivity index (χ4n) is 1.72. The number of hydrogen-bond donors (Lipinski definition) is 1. The SMILES string of the molecule is CC(N)CCc1nc(C#N)c2ccccn12. The second-order valence-corrected chi connectivity index (χ2v) is 3.96. The van der Waals surface area contributed by atoms with Crippen LogP contribution in [0.15, 0.2) is 24.4 Å². The summed E-state index contributed by atoms with van der Waals surface area (Å²) in [4.78, 5) is 4.33. The van der Waals surface area contributed by atoms with Crippen molar-refractivity contribution < 1.29 is 0 Å². The first-order valence-corrected chi connectivity index (χ1v) is 5.34. The van der Waals surface area contributed by atoms with E-state index in [1.54, 1.807) is 0 Å². The molecule has 0 saturated carbocycles. The molecule has 0 saturated heterocycles. The topological polar surface area (TPSA) is 67.1 Å². The van der Waals surface area contributed by atoms with Crippen LogP contribution in [0.25, 0.3) is 5.52 Å². The average Bonchev–Trinajstić information content (AvgIpc) is 2.65. The number of fused-ring (bicyclic) bond motifs is 1. The van der Waals surface area contributed by atoms with Gasteiger partial charge in [-0.05, 0) is 25.5 Å². The molecule has 0 amide bonds. The Balaban J connectivity index is 2.42. The Kier molecular flexibility index (Phi) is 2.88. The lowest BCUT2D eigenvalue weighted by Gasteiger charge is -2.03. The fraction of sp³-hybridized carbons (Fsp3) is 0.333. The zero-order valence-electron chi connectivity index (χ0n) is 9.22.